The molecule has 21 heavy (non-hydrogen) atoms. The van der Waals surface area contributed by atoms with Crippen LogP contribution in [0, 0.1) is 0 Å². The van der Waals surface area contributed by atoms with Gasteiger partial charge >= 0.3 is 0 Å². The minimum atomic E-state index is -0.132. The number of nitrogens with zero attached hydrogens (tertiary/aromatic N) is 1. The van der Waals surface area contributed by atoms with Gasteiger partial charge < -0.3 is 9.73 Å². The lowest BCUT2D eigenvalue weighted by Gasteiger charge is -2.16. The standard InChI is InChI=1S/C14H9BrCl2N2OS/c15-9-6-8(7-18-14(9)17)19-13(10-2-1-5-20-10)11-3-4-12(16)21-11/h1-7,13,19H. The van der Waals surface area contributed by atoms with Gasteiger partial charge in [0.2, 0.25) is 0 Å². The first-order valence-corrected chi connectivity index (χ1v) is 8.36. The Kier molecular flexibility index (Phi) is 4.54. The van der Waals surface area contributed by atoms with Gasteiger partial charge in [0, 0.05) is 4.88 Å². The maximum atomic E-state index is 6.04. The van der Waals surface area contributed by atoms with E-state index in [1.807, 2.05) is 30.3 Å². The molecule has 3 heterocycles. The molecule has 1 unspecified atom stereocenters. The van der Waals surface area contributed by atoms with Crippen molar-refractivity contribution in [3.8, 4) is 0 Å². The van der Waals surface area contributed by atoms with Crippen LogP contribution in [-0.4, -0.2) is 4.98 Å². The zero-order chi connectivity index (χ0) is 14.8. The Labute approximate surface area is 144 Å². The molecule has 1 N–H and O–H groups in total. The number of furan rings is 1. The zero-order valence-corrected chi connectivity index (χ0v) is 14.4. The van der Waals surface area contributed by atoms with Gasteiger partial charge in [0.25, 0.3) is 0 Å². The Morgan fingerprint density at radius 1 is 1.29 bits per heavy atom. The van der Waals surface area contributed by atoms with Gasteiger partial charge in [-0.1, -0.05) is 23.2 Å². The molecule has 3 nitrogen and oxygen atoms in total. The Bertz CT molecular complexity index is 745. The third-order valence-corrected chi connectivity index (χ3v) is 5.24. The van der Waals surface area contributed by atoms with E-state index in [0.29, 0.717) is 5.15 Å². The van der Waals surface area contributed by atoms with Crippen molar-refractivity contribution in [2.75, 3.05) is 5.32 Å². The summed E-state index contributed by atoms with van der Waals surface area (Å²) in [5.74, 6) is 0.805. The van der Waals surface area contributed by atoms with Crippen molar-refractivity contribution in [1.82, 2.24) is 4.98 Å². The number of nitrogens with one attached hydrogen (secondary N) is 1. The number of pyridine rings is 1. The summed E-state index contributed by atoms with van der Waals surface area (Å²) < 4.78 is 7.00. The molecule has 0 aliphatic rings. The highest BCUT2D eigenvalue weighted by molar-refractivity contribution is 9.10. The second-order valence-electron chi connectivity index (χ2n) is 4.23. The molecule has 0 amide bonds. The van der Waals surface area contributed by atoms with E-state index in [9.17, 15) is 0 Å². The lowest BCUT2D eigenvalue weighted by molar-refractivity contribution is 0.500. The first-order chi connectivity index (χ1) is 10.1. The van der Waals surface area contributed by atoms with Crippen LogP contribution in [0.3, 0.4) is 0 Å². The Morgan fingerprint density at radius 3 is 2.76 bits per heavy atom. The van der Waals surface area contributed by atoms with Gasteiger partial charge in [-0.2, -0.15) is 0 Å². The predicted molar refractivity (Wildman–Crippen MR) is 90.4 cm³/mol. The number of rotatable bonds is 4. The van der Waals surface area contributed by atoms with Crippen molar-refractivity contribution in [2.24, 2.45) is 0 Å². The molecule has 0 aliphatic heterocycles. The lowest BCUT2D eigenvalue weighted by Crippen LogP contribution is -2.10. The summed E-state index contributed by atoms with van der Waals surface area (Å²) in [7, 11) is 0. The van der Waals surface area contributed by atoms with Crippen LogP contribution in [-0.2, 0) is 0 Å². The van der Waals surface area contributed by atoms with Gasteiger partial charge in [-0.15, -0.1) is 11.3 Å². The monoisotopic (exact) mass is 402 g/mol. The molecule has 0 fully saturated rings. The second kappa shape index (κ2) is 6.40. The Morgan fingerprint density at radius 2 is 2.14 bits per heavy atom. The first kappa shape index (κ1) is 14.9. The fraction of sp³-hybridized carbons (Fsp3) is 0.0714. The average Bonchev–Trinajstić information content (AvgIpc) is 3.11. The fourth-order valence-electron chi connectivity index (χ4n) is 1.89. The third kappa shape index (κ3) is 3.43. The summed E-state index contributed by atoms with van der Waals surface area (Å²) >= 11 is 16.8. The van der Waals surface area contributed by atoms with Gasteiger partial charge in [-0.3, -0.25) is 0 Å². The van der Waals surface area contributed by atoms with Gasteiger partial charge in [0.05, 0.1) is 27.0 Å². The molecule has 108 valence electrons. The van der Waals surface area contributed by atoms with Crippen LogP contribution in [0.2, 0.25) is 9.49 Å². The minimum absolute atomic E-state index is 0.132. The molecule has 0 bridgehead atoms. The molecule has 3 aromatic heterocycles. The molecule has 3 aromatic rings. The topological polar surface area (TPSA) is 38.1 Å². The van der Waals surface area contributed by atoms with Crippen LogP contribution in [0.15, 0.2) is 51.7 Å². The Balaban J connectivity index is 1.94. The highest BCUT2D eigenvalue weighted by atomic mass is 79.9. The van der Waals surface area contributed by atoms with Crippen molar-refractivity contribution in [3.05, 3.63) is 67.4 Å². The van der Waals surface area contributed by atoms with Crippen LogP contribution >= 0.6 is 50.5 Å². The SMILES string of the molecule is Clc1ccc(C(Nc2cnc(Cl)c(Br)c2)c2ccco2)s1. The first-order valence-electron chi connectivity index (χ1n) is 5.99. The smallest absolute Gasteiger partial charge is 0.143 e. The molecular weight excluding hydrogens is 395 g/mol. The van der Waals surface area contributed by atoms with E-state index < -0.39 is 0 Å². The molecule has 0 aromatic carbocycles. The van der Waals surface area contributed by atoms with E-state index in [1.54, 1.807) is 12.5 Å². The highest BCUT2D eigenvalue weighted by Crippen LogP contribution is 2.34. The van der Waals surface area contributed by atoms with Gasteiger partial charge in [0.1, 0.15) is 17.0 Å². The predicted octanol–water partition coefficient (Wildman–Crippen LogP) is 6.01. The lowest BCUT2D eigenvalue weighted by atomic mass is 10.2. The molecule has 1 atom stereocenters. The molecule has 0 saturated carbocycles. The summed E-state index contributed by atoms with van der Waals surface area (Å²) in [6.45, 7) is 0. The molecule has 0 radical (unpaired) electrons. The summed E-state index contributed by atoms with van der Waals surface area (Å²) in [6.07, 6.45) is 3.33. The number of thiophene rings is 1. The van der Waals surface area contributed by atoms with Gasteiger partial charge in [0.15, 0.2) is 0 Å². The zero-order valence-electron chi connectivity index (χ0n) is 10.5. The van der Waals surface area contributed by atoms with E-state index in [4.69, 9.17) is 27.6 Å². The maximum absolute atomic E-state index is 6.04. The minimum Gasteiger partial charge on any atom is -0.467 e. The number of halogens is 3. The quantitative estimate of drug-likeness (QED) is 0.542. The number of anilines is 1. The van der Waals surface area contributed by atoms with E-state index in [0.717, 1.165) is 25.1 Å². The molecule has 0 aliphatic carbocycles. The van der Waals surface area contributed by atoms with Crippen LogP contribution in [0.5, 0.6) is 0 Å². The highest BCUT2D eigenvalue weighted by Gasteiger charge is 2.19. The normalized spacial score (nSPS) is 12.3. The van der Waals surface area contributed by atoms with E-state index in [-0.39, 0.29) is 6.04 Å². The maximum Gasteiger partial charge on any atom is 0.143 e. The van der Waals surface area contributed by atoms with Gasteiger partial charge in [-0.05, 0) is 46.3 Å². The summed E-state index contributed by atoms with van der Waals surface area (Å²) in [4.78, 5) is 5.17. The van der Waals surface area contributed by atoms with Crippen molar-refractivity contribution in [1.29, 1.82) is 0 Å². The molecule has 0 spiro atoms. The molecule has 3 rings (SSSR count). The summed E-state index contributed by atoms with van der Waals surface area (Å²) in [5.41, 5.74) is 0.831. The van der Waals surface area contributed by atoms with Crippen molar-refractivity contribution in [3.63, 3.8) is 0 Å². The van der Waals surface area contributed by atoms with E-state index in [2.05, 4.69) is 26.2 Å². The van der Waals surface area contributed by atoms with Crippen LogP contribution in [0.4, 0.5) is 5.69 Å². The van der Waals surface area contributed by atoms with Crippen LogP contribution in [0.1, 0.15) is 16.7 Å². The molecule has 7 heteroatoms. The second-order valence-corrected chi connectivity index (χ2v) is 7.19. The van der Waals surface area contributed by atoms with E-state index >= 15 is 0 Å². The van der Waals surface area contributed by atoms with E-state index in [1.165, 1.54) is 11.3 Å². The van der Waals surface area contributed by atoms with Crippen LogP contribution in [0.25, 0.3) is 0 Å². The number of aromatic nitrogens is 1. The number of hydrogen-bond acceptors (Lipinski definition) is 4. The largest absolute Gasteiger partial charge is 0.467 e. The third-order valence-electron chi connectivity index (χ3n) is 2.81. The Hall–Kier alpha value is -1.01. The fourth-order valence-corrected chi connectivity index (χ4v) is 3.46. The molecule has 0 saturated heterocycles. The van der Waals surface area contributed by atoms with Gasteiger partial charge in [-0.25, -0.2) is 4.98 Å². The molecular formula is C14H9BrCl2N2OS. The van der Waals surface area contributed by atoms with Crippen molar-refractivity contribution >= 4 is 56.2 Å². The van der Waals surface area contributed by atoms with Crippen molar-refractivity contribution < 1.29 is 4.42 Å². The summed E-state index contributed by atoms with van der Waals surface area (Å²) in [5, 5.41) is 3.81. The summed E-state index contributed by atoms with van der Waals surface area (Å²) in [6, 6.07) is 9.37. The van der Waals surface area contributed by atoms with Crippen molar-refractivity contribution in [2.45, 2.75) is 6.04 Å². The average molecular weight is 404 g/mol. The van der Waals surface area contributed by atoms with Crippen LogP contribution < -0.4 is 5.32 Å². The number of hydrogen-bond donors (Lipinski definition) is 1.